The van der Waals surface area contributed by atoms with Crippen LogP contribution in [0.5, 0.6) is 5.75 Å². The summed E-state index contributed by atoms with van der Waals surface area (Å²) in [7, 11) is 0. The van der Waals surface area contributed by atoms with Crippen LogP contribution in [0.1, 0.15) is 47.7 Å². The van der Waals surface area contributed by atoms with Crippen LogP contribution >= 0.6 is 23.2 Å². The Morgan fingerprint density at radius 3 is 2.39 bits per heavy atom. The predicted octanol–water partition coefficient (Wildman–Crippen LogP) is 6.99. The second kappa shape index (κ2) is 11.4. The van der Waals surface area contributed by atoms with Gasteiger partial charge in [-0.3, -0.25) is 9.59 Å². The SMILES string of the molecule is CCC(=O)c1ccc(CC(=O)Nc2ccc(OC3(c4ccc(Cl)cc4Cl)CCOCC3)c(F)c2)cc1. The molecule has 0 saturated carbocycles. The minimum absolute atomic E-state index is 0.0460. The van der Waals surface area contributed by atoms with Gasteiger partial charge in [0.05, 0.1) is 19.6 Å². The van der Waals surface area contributed by atoms with Crippen molar-refractivity contribution in [3.63, 3.8) is 0 Å². The molecule has 0 radical (unpaired) electrons. The highest BCUT2D eigenvalue weighted by Gasteiger charge is 2.39. The van der Waals surface area contributed by atoms with Crippen LogP contribution in [-0.4, -0.2) is 24.9 Å². The molecule has 5 nitrogen and oxygen atoms in total. The summed E-state index contributed by atoms with van der Waals surface area (Å²) in [5.74, 6) is -0.806. The average molecular weight is 530 g/mol. The minimum Gasteiger partial charge on any atom is -0.479 e. The molecule has 1 fully saturated rings. The molecule has 188 valence electrons. The lowest BCUT2D eigenvalue weighted by Crippen LogP contribution is -2.39. The predicted molar refractivity (Wildman–Crippen MR) is 139 cm³/mol. The summed E-state index contributed by atoms with van der Waals surface area (Å²) in [6.45, 7) is 2.69. The molecule has 0 aromatic heterocycles. The number of hydrogen-bond acceptors (Lipinski definition) is 4. The van der Waals surface area contributed by atoms with Gasteiger partial charge in [0.25, 0.3) is 0 Å². The first-order valence-electron chi connectivity index (χ1n) is 11.7. The summed E-state index contributed by atoms with van der Waals surface area (Å²) in [6, 6.07) is 16.4. The number of hydrogen-bond donors (Lipinski definition) is 1. The van der Waals surface area contributed by atoms with E-state index in [1.165, 1.54) is 12.1 Å². The van der Waals surface area contributed by atoms with E-state index in [9.17, 15) is 9.59 Å². The van der Waals surface area contributed by atoms with E-state index in [0.29, 0.717) is 53.8 Å². The number of carbonyl (C=O) groups is 2. The molecule has 1 N–H and O–H groups in total. The van der Waals surface area contributed by atoms with E-state index in [1.54, 1.807) is 55.5 Å². The van der Waals surface area contributed by atoms with Crippen molar-refractivity contribution in [3.8, 4) is 5.75 Å². The molecule has 0 spiro atoms. The molecule has 1 saturated heterocycles. The molecule has 0 aliphatic carbocycles. The molecule has 36 heavy (non-hydrogen) atoms. The maximum absolute atomic E-state index is 15.1. The van der Waals surface area contributed by atoms with E-state index < -0.39 is 11.4 Å². The van der Waals surface area contributed by atoms with Gasteiger partial charge < -0.3 is 14.8 Å². The standard InChI is InChI=1S/C28H26Cl2FNO4/c1-2-25(33)19-5-3-18(4-6-19)15-27(34)32-21-8-10-26(24(31)17-21)36-28(11-13-35-14-12-28)22-9-7-20(29)16-23(22)30/h3-10,16-17H,2,11-15H2,1H3,(H,32,34). The molecule has 0 unspecified atom stereocenters. The molecule has 3 aromatic rings. The van der Waals surface area contributed by atoms with Crippen molar-refractivity contribution >= 4 is 40.6 Å². The normalized spacial score (nSPS) is 14.8. The molecule has 1 heterocycles. The van der Waals surface area contributed by atoms with Crippen LogP contribution in [0.4, 0.5) is 10.1 Å². The number of ketones is 1. The lowest BCUT2D eigenvalue weighted by atomic mass is 9.86. The van der Waals surface area contributed by atoms with Crippen molar-refractivity contribution < 1.29 is 23.5 Å². The van der Waals surface area contributed by atoms with Crippen molar-refractivity contribution in [1.82, 2.24) is 0 Å². The number of Topliss-reactive ketones (excluding diaryl/α,β-unsaturated/α-hetero) is 1. The number of ether oxygens (including phenoxy) is 2. The van der Waals surface area contributed by atoms with E-state index in [2.05, 4.69) is 5.32 Å². The fraction of sp³-hybridized carbons (Fsp3) is 0.286. The topological polar surface area (TPSA) is 64.6 Å². The van der Waals surface area contributed by atoms with Crippen molar-refractivity contribution in [2.45, 2.75) is 38.2 Å². The van der Waals surface area contributed by atoms with Gasteiger partial charge in [0.1, 0.15) is 5.60 Å². The minimum atomic E-state index is -0.864. The Hall–Kier alpha value is -2.93. The van der Waals surface area contributed by atoms with E-state index in [1.807, 2.05) is 0 Å². The molecule has 8 heteroatoms. The number of anilines is 1. The molecule has 1 aliphatic rings. The summed E-state index contributed by atoms with van der Waals surface area (Å²) < 4.78 is 26.9. The lowest BCUT2D eigenvalue weighted by molar-refractivity contribution is -0.115. The Bertz CT molecular complexity index is 1260. The molecule has 3 aromatic carbocycles. The number of halogens is 3. The second-order valence-electron chi connectivity index (χ2n) is 8.68. The molecule has 1 amide bonds. The number of amides is 1. The maximum Gasteiger partial charge on any atom is 0.228 e. The Balaban J connectivity index is 1.47. The van der Waals surface area contributed by atoms with Gasteiger partial charge in [0.15, 0.2) is 17.3 Å². The smallest absolute Gasteiger partial charge is 0.228 e. The fourth-order valence-electron chi connectivity index (χ4n) is 4.26. The molecule has 0 atom stereocenters. The number of rotatable bonds is 8. The van der Waals surface area contributed by atoms with Gasteiger partial charge in [-0.2, -0.15) is 0 Å². The van der Waals surface area contributed by atoms with E-state index in [0.717, 1.165) is 11.1 Å². The van der Waals surface area contributed by atoms with Crippen molar-refractivity contribution in [1.29, 1.82) is 0 Å². The maximum atomic E-state index is 15.1. The second-order valence-corrected chi connectivity index (χ2v) is 9.52. The monoisotopic (exact) mass is 529 g/mol. The first-order valence-corrected chi connectivity index (χ1v) is 12.5. The van der Waals surface area contributed by atoms with Gasteiger partial charge in [-0.25, -0.2) is 4.39 Å². The third kappa shape index (κ3) is 6.06. The van der Waals surface area contributed by atoms with Gasteiger partial charge in [-0.05, 0) is 29.8 Å². The third-order valence-electron chi connectivity index (χ3n) is 6.21. The average Bonchev–Trinajstić information content (AvgIpc) is 2.86. The highest BCUT2D eigenvalue weighted by Crippen LogP contribution is 2.42. The molecule has 4 rings (SSSR count). The third-order valence-corrected chi connectivity index (χ3v) is 6.75. The first kappa shape index (κ1) is 26.1. The largest absolute Gasteiger partial charge is 0.479 e. The zero-order valence-electron chi connectivity index (χ0n) is 19.8. The number of carbonyl (C=O) groups excluding carboxylic acids is 2. The summed E-state index contributed by atoms with van der Waals surface area (Å²) in [5, 5.41) is 3.66. The summed E-state index contributed by atoms with van der Waals surface area (Å²) in [4.78, 5) is 24.3. The number of nitrogens with one attached hydrogen (secondary N) is 1. The fourth-order valence-corrected chi connectivity index (χ4v) is 4.84. The van der Waals surface area contributed by atoms with Crippen LogP contribution in [0.2, 0.25) is 10.0 Å². The van der Waals surface area contributed by atoms with Gasteiger partial charge in [0, 0.05) is 52.2 Å². The Morgan fingerprint density at radius 2 is 1.75 bits per heavy atom. The van der Waals surface area contributed by atoms with Gasteiger partial charge in [-0.15, -0.1) is 0 Å². The van der Waals surface area contributed by atoms with Crippen LogP contribution in [0, 0.1) is 5.82 Å². The summed E-state index contributed by atoms with van der Waals surface area (Å²) in [6.07, 6.45) is 1.51. The highest BCUT2D eigenvalue weighted by atomic mass is 35.5. The van der Waals surface area contributed by atoms with Crippen molar-refractivity contribution in [3.05, 3.63) is 93.2 Å². The van der Waals surface area contributed by atoms with Crippen molar-refractivity contribution in [2.24, 2.45) is 0 Å². The Kier molecular flexibility index (Phi) is 8.29. The van der Waals surface area contributed by atoms with Gasteiger partial charge in [0.2, 0.25) is 5.91 Å². The summed E-state index contributed by atoms with van der Waals surface area (Å²) in [5.41, 5.74) is 1.54. The Labute approximate surface area is 219 Å². The number of benzene rings is 3. The van der Waals surface area contributed by atoms with E-state index in [-0.39, 0.29) is 23.9 Å². The summed E-state index contributed by atoms with van der Waals surface area (Å²) >= 11 is 12.5. The van der Waals surface area contributed by atoms with Crippen LogP contribution < -0.4 is 10.1 Å². The molecular formula is C28H26Cl2FNO4. The van der Waals surface area contributed by atoms with Gasteiger partial charge in [-0.1, -0.05) is 60.5 Å². The lowest BCUT2D eigenvalue weighted by Gasteiger charge is -2.38. The zero-order chi connectivity index (χ0) is 25.7. The zero-order valence-corrected chi connectivity index (χ0v) is 21.3. The highest BCUT2D eigenvalue weighted by molar-refractivity contribution is 6.35. The first-order chi connectivity index (χ1) is 17.3. The van der Waals surface area contributed by atoms with E-state index >= 15 is 4.39 Å². The van der Waals surface area contributed by atoms with Crippen LogP contribution in [0.3, 0.4) is 0 Å². The molecular weight excluding hydrogens is 504 g/mol. The Morgan fingerprint density at radius 1 is 1.03 bits per heavy atom. The van der Waals surface area contributed by atoms with Gasteiger partial charge >= 0.3 is 0 Å². The van der Waals surface area contributed by atoms with Crippen molar-refractivity contribution in [2.75, 3.05) is 18.5 Å². The van der Waals surface area contributed by atoms with Crippen LogP contribution in [0.15, 0.2) is 60.7 Å². The quantitative estimate of drug-likeness (QED) is 0.319. The van der Waals surface area contributed by atoms with E-state index in [4.69, 9.17) is 32.7 Å². The van der Waals surface area contributed by atoms with Crippen LogP contribution in [0.25, 0.3) is 0 Å². The molecule has 1 aliphatic heterocycles. The van der Waals surface area contributed by atoms with Crippen LogP contribution in [-0.2, 0) is 21.6 Å². The molecule has 0 bridgehead atoms.